The van der Waals surface area contributed by atoms with E-state index in [0.29, 0.717) is 10.2 Å². The summed E-state index contributed by atoms with van der Waals surface area (Å²) in [4.78, 5) is 17.5. The van der Waals surface area contributed by atoms with Crippen molar-refractivity contribution in [2.75, 3.05) is 0 Å². The molecule has 0 bridgehead atoms. The van der Waals surface area contributed by atoms with Crippen LogP contribution in [0.5, 0.6) is 0 Å². The Bertz CT molecular complexity index is 595. The highest BCUT2D eigenvalue weighted by Gasteiger charge is 2.16. The molecule has 0 atom stereocenters. The molecule has 0 aliphatic heterocycles. The average molecular weight is 299 g/mol. The molecule has 0 radical (unpaired) electrons. The van der Waals surface area contributed by atoms with Gasteiger partial charge in [-0.1, -0.05) is 15.9 Å². The van der Waals surface area contributed by atoms with Crippen molar-refractivity contribution in [2.24, 2.45) is 0 Å². The number of hydrogen-bond acceptors (Lipinski definition) is 2. The predicted octanol–water partition coefficient (Wildman–Crippen LogP) is 2.98. The lowest BCUT2D eigenvalue weighted by atomic mass is 10.2. The number of carboxylic acids is 1. The van der Waals surface area contributed by atoms with E-state index in [4.69, 9.17) is 5.11 Å². The van der Waals surface area contributed by atoms with Gasteiger partial charge in [-0.05, 0) is 25.1 Å². The van der Waals surface area contributed by atoms with Gasteiger partial charge in [0.25, 0.3) is 0 Å². The fourth-order valence-electron chi connectivity index (χ4n) is 1.48. The van der Waals surface area contributed by atoms with E-state index >= 15 is 0 Å². The first-order chi connectivity index (χ1) is 7.99. The molecule has 0 aliphatic rings. The lowest BCUT2D eigenvalue weighted by molar-refractivity contribution is 0.0690. The second-order valence-corrected chi connectivity index (χ2v) is 4.40. The Hall–Kier alpha value is -1.69. The Morgan fingerprint density at radius 3 is 2.82 bits per heavy atom. The van der Waals surface area contributed by atoms with Crippen LogP contribution in [0.15, 0.2) is 22.7 Å². The van der Waals surface area contributed by atoms with Crippen LogP contribution in [-0.4, -0.2) is 21.0 Å². The van der Waals surface area contributed by atoms with Crippen molar-refractivity contribution in [3.05, 3.63) is 39.9 Å². The molecule has 0 saturated carbocycles. The molecule has 2 N–H and O–H groups in total. The van der Waals surface area contributed by atoms with Gasteiger partial charge in [0.15, 0.2) is 5.69 Å². The molecule has 2 aromatic rings. The van der Waals surface area contributed by atoms with Crippen LogP contribution in [0.3, 0.4) is 0 Å². The van der Waals surface area contributed by atoms with Crippen LogP contribution >= 0.6 is 15.9 Å². The van der Waals surface area contributed by atoms with E-state index in [2.05, 4.69) is 25.9 Å². The highest BCUT2D eigenvalue weighted by molar-refractivity contribution is 9.10. The number of carbonyl (C=O) groups is 1. The molecule has 0 unspecified atom stereocenters. The van der Waals surface area contributed by atoms with Crippen molar-refractivity contribution in [2.45, 2.75) is 6.92 Å². The maximum Gasteiger partial charge on any atom is 0.356 e. The minimum atomic E-state index is -1.14. The number of aromatic amines is 1. The van der Waals surface area contributed by atoms with Crippen LogP contribution in [0.25, 0.3) is 11.4 Å². The first-order valence-electron chi connectivity index (χ1n) is 4.74. The van der Waals surface area contributed by atoms with Crippen molar-refractivity contribution in [3.8, 4) is 11.4 Å². The molecule has 2 rings (SSSR count). The molecule has 0 saturated heterocycles. The first-order valence-corrected chi connectivity index (χ1v) is 5.53. The summed E-state index contributed by atoms with van der Waals surface area (Å²) in [5.74, 6) is -1.39. The molecule has 0 aliphatic carbocycles. The first kappa shape index (κ1) is 11.8. The fraction of sp³-hybridized carbons (Fsp3) is 0.0909. The van der Waals surface area contributed by atoms with E-state index in [1.54, 1.807) is 19.1 Å². The second-order valence-electron chi connectivity index (χ2n) is 3.49. The normalized spacial score (nSPS) is 10.5. The third kappa shape index (κ3) is 2.21. The molecule has 1 heterocycles. The number of H-pyrrole nitrogens is 1. The second kappa shape index (κ2) is 4.29. The number of imidazole rings is 1. The van der Waals surface area contributed by atoms with E-state index in [-0.39, 0.29) is 17.1 Å². The number of aromatic carboxylic acids is 1. The van der Waals surface area contributed by atoms with Crippen molar-refractivity contribution in [1.29, 1.82) is 0 Å². The van der Waals surface area contributed by atoms with E-state index < -0.39 is 11.8 Å². The Morgan fingerprint density at radius 1 is 1.53 bits per heavy atom. The van der Waals surface area contributed by atoms with Crippen LogP contribution < -0.4 is 0 Å². The van der Waals surface area contributed by atoms with Crippen LogP contribution in [0.2, 0.25) is 0 Å². The molecule has 1 aromatic heterocycles. The van der Waals surface area contributed by atoms with E-state index in [9.17, 15) is 9.18 Å². The molecule has 88 valence electrons. The zero-order valence-electron chi connectivity index (χ0n) is 8.79. The fourth-order valence-corrected chi connectivity index (χ4v) is 1.84. The summed E-state index contributed by atoms with van der Waals surface area (Å²) in [6.07, 6.45) is 0. The number of halogens is 2. The number of aryl methyl sites for hydroxylation is 1. The molecular formula is C11H8BrFN2O2. The molecule has 17 heavy (non-hydrogen) atoms. The summed E-state index contributed by atoms with van der Waals surface area (Å²) in [5.41, 5.74) is 0.529. The van der Waals surface area contributed by atoms with Gasteiger partial charge in [0.2, 0.25) is 0 Å². The van der Waals surface area contributed by atoms with Gasteiger partial charge in [0.1, 0.15) is 11.6 Å². The molecule has 0 fully saturated rings. The van der Waals surface area contributed by atoms with Gasteiger partial charge in [-0.2, -0.15) is 0 Å². The summed E-state index contributed by atoms with van der Waals surface area (Å²) < 4.78 is 14.3. The van der Waals surface area contributed by atoms with Crippen LogP contribution in [0.4, 0.5) is 4.39 Å². The third-order valence-electron chi connectivity index (χ3n) is 2.27. The Labute approximate surface area is 105 Å². The Balaban J connectivity index is 2.57. The SMILES string of the molecule is Cc1[nH]c(-c2cc(Br)ccc2F)nc1C(=O)O. The lowest BCUT2D eigenvalue weighted by Crippen LogP contribution is -1.98. The van der Waals surface area contributed by atoms with Gasteiger partial charge in [-0.15, -0.1) is 0 Å². The summed E-state index contributed by atoms with van der Waals surface area (Å²) in [6.45, 7) is 1.58. The molecule has 0 amide bonds. The Morgan fingerprint density at radius 2 is 2.24 bits per heavy atom. The number of nitrogens with zero attached hydrogens (tertiary/aromatic N) is 1. The summed E-state index contributed by atoms with van der Waals surface area (Å²) in [7, 11) is 0. The van der Waals surface area contributed by atoms with Crippen LogP contribution in [-0.2, 0) is 0 Å². The standard InChI is InChI=1S/C11H8BrFN2O2/c1-5-9(11(16)17)15-10(14-5)7-4-6(12)2-3-8(7)13/h2-4H,1H3,(H,14,15)(H,16,17). The summed E-state index contributed by atoms with van der Waals surface area (Å²) in [5, 5.41) is 8.86. The lowest BCUT2D eigenvalue weighted by Gasteiger charge is -1.99. The summed E-state index contributed by atoms with van der Waals surface area (Å²) >= 11 is 3.22. The molecule has 4 nitrogen and oxygen atoms in total. The van der Waals surface area contributed by atoms with Gasteiger partial charge in [-0.3, -0.25) is 0 Å². The van der Waals surface area contributed by atoms with Gasteiger partial charge >= 0.3 is 5.97 Å². The van der Waals surface area contributed by atoms with Crippen molar-refractivity contribution < 1.29 is 14.3 Å². The highest BCUT2D eigenvalue weighted by atomic mass is 79.9. The number of nitrogens with one attached hydrogen (secondary N) is 1. The van der Waals surface area contributed by atoms with Crippen LogP contribution in [0, 0.1) is 12.7 Å². The third-order valence-corrected chi connectivity index (χ3v) is 2.76. The maximum atomic E-state index is 13.6. The number of hydrogen-bond donors (Lipinski definition) is 2. The predicted molar refractivity (Wildman–Crippen MR) is 63.4 cm³/mol. The number of benzene rings is 1. The van der Waals surface area contributed by atoms with E-state index in [0.717, 1.165) is 0 Å². The van der Waals surface area contributed by atoms with Gasteiger partial charge in [0.05, 0.1) is 5.56 Å². The monoisotopic (exact) mass is 298 g/mol. The van der Waals surface area contributed by atoms with Crippen molar-refractivity contribution in [3.63, 3.8) is 0 Å². The maximum absolute atomic E-state index is 13.6. The van der Waals surface area contributed by atoms with Gasteiger partial charge in [0, 0.05) is 10.2 Å². The smallest absolute Gasteiger partial charge is 0.356 e. The zero-order valence-corrected chi connectivity index (χ0v) is 10.4. The van der Waals surface area contributed by atoms with Crippen molar-refractivity contribution in [1.82, 2.24) is 9.97 Å². The number of carboxylic acid groups (broad SMARTS) is 1. The largest absolute Gasteiger partial charge is 0.476 e. The quantitative estimate of drug-likeness (QED) is 0.896. The highest BCUT2D eigenvalue weighted by Crippen LogP contribution is 2.25. The number of aromatic nitrogens is 2. The van der Waals surface area contributed by atoms with Crippen molar-refractivity contribution >= 4 is 21.9 Å². The van der Waals surface area contributed by atoms with Gasteiger partial charge < -0.3 is 10.1 Å². The zero-order chi connectivity index (χ0) is 12.6. The summed E-state index contributed by atoms with van der Waals surface area (Å²) in [6, 6.07) is 4.39. The topological polar surface area (TPSA) is 66.0 Å². The van der Waals surface area contributed by atoms with E-state index in [1.165, 1.54) is 6.07 Å². The van der Waals surface area contributed by atoms with Crippen LogP contribution in [0.1, 0.15) is 16.2 Å². The molecule has 0 spiro atoms. The minimum Gasteiger partial charge on any atom is -0.476 e. The molecular weight excluding hydrogens is 291 g/mol. The minimum absolute atomic E-state index is 0.0978. The molecule has 6 heteroatoms. The average Bonchev–Trinajstić information content (AvgIpc) is 2.64. The number of rotatable bonds is 2. The molecule has 1 aromatic carbocycles. The van der Waals surface area contributed by atoms with Gasteiger partial charge in [-0.25, -0.2) is 14.2 Å². The van der Waals surface area contributed by atoms with E-state index in [1.807, 2.05) is 0 Å². The Kier molecular flexibility index (Phi) is 2.97.